The zero-order valence-corrected chi connectivity index (χ0v) is 33.8. The highest BCUT2D eigenvalue weighted by Crippen LogP contribution is 2.08. The van der Waals surface area contributed by atoms with E-state index in [1.54, 1.807) is 20.8 Å². The lowest BCUT2D eigenvalue weighted by Gasteiger charge is -2.19. The van der Waals surface area contributed by atoms with E-state index >= 15 is 0 Å². The molecule has 0 bridgehead atoms. The van der Waals surface area contributed by atoms with E-state index < -0.39 is 17.3 Å². The lowest BCUT2D eigenvalue weighted by atomic mass is 10.2. The fourth-order valence-corrected chi connectivity index (χ4v) is 3.58. The van der Waals surface area contributed by atoms with E-state index in [0.717, 1.165) is 0 Å². The number of hydrogen-bond acceptors (Lipinski definition) is 17. The normalized spacial score (nSPS) is 12.0. The smallest absolute Gasteiger partial charge is 0.431 e. The van der Waals surface area contributed by atoms with Crippen LogP contribution in [0.2, 0.25) is 0 Å². The fourth-order valence-electron chi connectivity index (χ4n) is 3.58. The van der Waals surface area contributed by atoms with Gasteiger partial charge in [0.15, 0.2) is 0 Å². The van der Waals surface area contributed by atoms with Crippen LogP contribution >= 0.6 is 0 Å². The van der Waals surface area contributed by atoms with Gasteiger partial charge in [-0.25, -0.2) is 4.79 Å². The third-order valence-corrected chi connectivity index (χ3v) is 5.85. The van der Waals surface area contributed by atoms with E-state index in [9.17, 15) is 9.59 Å². The predicted octanol–water partition coefficient (Wildman–Crippen LogP) is 2.37. The molecule has 54 heavy (non-hydrogen) atoms. The number of ether oxygens (including phenoxy) is 14. The summed E-state index contributed by atoms with van der Waals surface area (Å²) in [5, 5.41) is 0. The summed E-state index contributed by atoms with van der Waals surface area (Å²) in [7, 11) is 0. The Hall–Kier alpha value is -1.78. The Morgan fingerprint density at radius 2 is 0.556 bits per heavy atom. The molecule has 0 aliphatic carbocycles. The monoisotopic (exact) mass is 789 g/mol. The van der Waals surface area contributed by atoms with Gasteiger partial charge in [-0.3, -0.25) is 9.63 Å². The Bertz CT molecular complexity index is 760. The Morgan fingerprint density at radius 1 is 0.333 bits per heavy atom. The van der Waals surface area contributed by atoms with Gasteiger partial charge in [0.05, 0.1) is 172 Å². The first kappa shape index (κ1) is 52.2. The Balaban J connectivity index is 3.13. The molecule has 322 valence electrons. The summed E-state index contributed by atoms with van der Waals surface area (Å²) in [5.41, 5.74) is 1.13. The third-order valence-electron chi connectivity index (χ3n) is 5.85. The Labute approximate surface area is 322 Å². The second-order valence-corrected chi connectivity index (χ2v) is 13.1. The molecular formula is C36H71NO17. The molecule has 0 unspecified atom stereocenters. The second kappa shape index (κ2) is 38.1. The highest BCUT2D eigenvalue weighted by Gasteiger charge is 2.16. The van der Waals surface area contributed by atoms with Gasteiger partial charge in [-0.1, -0.05) is 0 Å². The SMILES string of the molecule is CC(C)(C)OC(=O)CCOCCOCCOCCOCCOCCOCCOCCOCCOCCOCCOCCOCCONC(=O)OC(C)(C)C. The number of hydrogen-bond donors (Lipinski definition) is 1. The molecular weight excluding hydrogens is 718 g/mol. The van der Waals surface area contributed by atoms with Crippen molar-refractivity contribution in [2.75, 3.05) is 165 Å². The number of carbonyl (C=O) groups is 2. The first-order valence-electron chi connectivity index (χ1n) is 18.7. The molecule has 0 saturated carbocycles. The predicted molar refractivity (Wildman–Crippen MR) is 196 cm³/mol. The van der Waals surface area contributed by atoms with E-state index in [1.165, 1.54) is 0 Å². The molecule has 18 nitrogen and oxygen atoms in total. The first-order chi connectivity index (χ1) is 26.0. The van der Waals surface area contributed by atoms with Crippen molar-refractivity contribution in [3.63, 3.8) is 0 Å². The highest BCUT2D eigenvalue weighted by atomic mass is 16.7. The van der Waals surface area contributed by atoms with Crippen LogP contribution in [0.4, 0.5) is 4.79 Å². The summed E-state index contributed by atoms with van der Waals surface area (Å²) in [6, 6.07) is 0. The Kier molecular flexibility index (Phi) is 36.9. The number of esters is 1. The van der Waals surface area contributed by atoms with E-state index in [0.29, 0.717) is 159 Å². The van der Waals surface area contributed by atoms with Crippen LogP contribution in [0.15, 0.2) is 0 Å². The summed E-state index contributed by atoms with van der Waals surface area (Å²) < 4.78 is 75.6. The molecule has 0 rings (SSSR count). The zero-order chi connectivity index (χ0) is 39.9. The van der Waals surface area contributed by atoms with Crippen LogP contribution in [0.25, 0.3) is 0 Å². The maximum atomic E-state index is 11.6. The molecule has 0 aromatic carbocycles. The van der Waals surface area contributed by atoms with Gasteiger partial charge in [-0.2, -0.15) is 5.48 Å². The Morgan fingerprint density at radius 3 is 0.796 bits per heavy atom. The molecule has 0 heterocycles. The van der Waals surface area contributed by atoms with Gasteiger partial charge in [0.1, 0.15) is 11.2 Å². The maximum absolute atomic E-state index is 11.6. The first-order valence-corrected chi connectivity index (χ1v) is 18.7. The molecule has 1 amide bonds. The minimum absolute atomic E-state index is 0.202. The molecule has 0 atom stereocenters. The number of rotatable bonds is 40. The molecule has 0 saturated heterocycles. The van der Waals surface area contributed by atoms with Crippen molar-refractivity contribution in [1.29, 1.82) is 0 Å². The molecule has 0 aliphatic heterocycles. The van der Waals surface area contributed by atoms with Crippen molar-refractivity contribution in [3.05, 3.63) is 0 Å². The lowest BCUT2D eigenvalue weighted by Crippen LogP contribution is -2.33. The molecule has 0 spiro atoms. The van der Waals surface area contributed by atoms with Crippen LogP contribution in [-0.4, -0.2) is 188 Å². The van der Waals surface area contributed by atoms with Crippen LogP contribution in [0.1, 0.15) is 48.0 Å². The largest absolute Gasteiger partial charge is 0.460 e. The van der Waals surface area contributed by atoms with Gasteiger partial charge in [0, 0.05) is 0 Å². The summed E-state index contributed by atoms with van der Waals surface area (Å²) in [6.07, 6.45) is -0.415. The number of nitrogens with one attached hydrogen (secondary N) is 1. The molecule has 1 N–H and O–H groups in total. The third kappa shape index (κ3) is 46.4. The molecule has 0 radical (unpaired) electrons. The van der Waals surface area contributed by atoms with E-state index in [-0.39, 0.29) is 19.0 Å². The van der Waals surface area contributed by atoms with Crippen LogP contribution in [0.3, 0.4) is 0 Å². The molecule has 0 aromatic rings. The topological polar surface area (TPSA) is 185 Å². The maximum Gasteiger partial charge on any atom is 0.431 e. The standard InChI is InChI=1S/C36H71NO17/c1-35(2,3)53-33(38)7-8-40-9-10-41-11-12-42-13-14-43-15-16-44-17-18-45-19-20-46-21-22-47-23-24-48-25-26-49-27-28-50-29-30-51-31-32-52-37-34(39)54-36(4,5)6/h7-32H2,1-6H3,(H,37,39). The van der Waals surface area contributed by atoms with Gasteiger partial charge in [0.2, 0.25) is 0 Å². The van der Waals surface area contributed by atoms with Gasteiger partial charge < -0.3 is 66.3 Å². The highest BCUT2D eigenvalue weighted by molar-refractivity contribution is 5.69. The van der Waals surface area contributed by atoms with E-state index in [4.69, 9.17) is 71.2 Å². The van der Waals surface area contributed by atoms with Crippen LogP contribution in [-0.2, 0) is 75.9 Å². The average Bonchev–Trinajstić information content (AvgIpc) is 3.09. The summed E-state index contributed by atoms with van der Waals surface area (Å²) in [6.45, 7) is 21.9. The van der Waals surface area contributed by atoms with E-state index in [2.05, 4.69) is 5.48 Å². The minimum Gasteiger partial charge on any atom is -0.460 e. The number of amides is 1. The van der Waals surface area contributed by atoms with E-state index in [1.807, 2.05) is 20.8 Å². The summed E-state index contributed by atoms with van der Waals surface area (Å²) in [5.74, 6) is -0.270. The fraction of sp³-hybridized carbons (Fsp3) is 0.944. The van der Waals surface area contributed by atoms with Gasteiger partial charge in [-0.15, -0.1) is 0 Å². The van der Waals surface area contributed by atoms with Crippen molar-refractivity contribution in [3.8, 4) is 0 Å². The van der Waals surface area contributed by atoms with Gasteiger partial charge in [-0.05, 0) is 41.5 Å². The number of carbonyl (C=O) groups excluding carboxylic acids is 2. The quantitative estimate of drug-likeness (QED) is 0.0542. The molecule has 0 aliphatic rings. The molecule has 0 aromatic heterocycles. The van der Waals surface area contributed by atoms with Crippen LogP contribution in [0.5, 0.6) is 0 Å². The second-order valence-electron chi connectivity index (χ2n) is 13.1. The van der Waals surface area contributed by atoms with Crippen molar-refractivity contribution < 1.29 is 80.7 Å². The zero-order valence-electron chi connectivity index (χ0n) is 33.8. The van der Waals surface area contributed by atoms with Crippen molar-refractivity contribution in [1.82, 2.24) is 5.48 Å². The average molecular weight is 790 g/mol. The summed E-state index contributed by atoms with van der Waals surface area (Å²) in [4.78, 5) is 27.9. The van der Waals surface area contributed by atoms with Crippen LogP contribution in [0, 0.1) is 0 Å². The van der Waals surface area contributed by atoms with Crippen molar-refractivity contribution in [2.24, 2.45) is 0 Å². The molecule has 0 fully saturated rings. The van der Waals surface area contributed by atoms with Crippen molar-refractivity contribution >= 4 is 12.1 Å². The number of hydroxylamine groups is 1. The summed E-state index contributed by atoms with van der Waals surface area (Å²) >= 11 is 0. The van der Waals surface area contributed by atoms with Crippen LogP contribution < -0.4 is 5.48 Å². The minimum atomic E-state index is -0.641. The molecule has 18 heteroatoms. The van der Waals surface area contributed by atoms with Gasteiger partial charge in [0.25, 0.3) is 0 Å². The van der Waals surface area contributed by atoms with Gasteiger partial charge >= 0.3 is 12.1 Å². The van der Waals surface area contributed by atoms with Crippen molar-refractivity contribution in [2.45, 2.75) is 59.2 Å². The lowest BCUT2D eigenvalue weighted by molar-refractivity contribution is -0.156.